The summed E-state index contributed by atoms with van der Waals surface area (Å²) < 4.78 is 0. The first kappa shape index (κ1) is 10.6. The molecule has 0 amide bonds. The topological polar surface area (TPSA) is 27.0 Å². The first-order valence-electron chi connectivity index (χ1n) is 6.75. The van der Waals surface area contributed by atoms with Crippen molar-refractivity contribution >= 4 is 0 Å². The largest absolute Gasteiger partial charge is 0.293 e. The summed E-state index contributed by atoms with van der Waals surface area (Å²) in [4.78, 5) is 2.24. The van der Waals surface area contributed by atoms with Crippen LogP contribution in [0.1, 0.15) is 38.5 Å². The van der Waals surface area contributed by atoms with E-state index in [4.69, 9.17) is 5.26 Å². The summed E-state index contributed by atoms with van der Waals surface area (Å²) in [6.07, 6.45) is 8.90. The molecule has 2 nitrogen and oxygen atoms in total. The van der Waals surface area contributed by atoms with Crippen LogP contribution >= 0.6 is 0 Å². The molecule has 0 spiro atoms. The van der Waals surface area contributed by atoms with Gasteiger partial charge in [-0.2, -0.15) is 5.26 Å². The summed E-state index contributed by atoms with van der Waals surface area (Å²) in [5.74, 6) is 3.09. The Morgan fingerprint density at radius 1 is 1.12 bits per heavy atom. The maximum absolute atomic E-state index is 8.76. The Bertz CT molecular complexity index is 280. The second kappa shape index (κ2) is 3.74. The summed E-state index contributed by atoms with van der Waals surface area (Å²) >= 11 is 0. The lowest BCUT2D eigenvalue weighted by atomic mass is 9.49. The Labute approximate surface area is 98.6 Å². The van der Waals surface area contributed by atoms with Crippen molar-refractivity contribution < 1.29 is 0 Å². The average Bonchev–Trinajstić information content (AvgIpc) is 2.13. The monoisotopic (exact) mass is 218 g/mol. The highest BCUT2D eigenvalue weighted by Gasteiger charge is 2.50. The number of rotatable bonds is 3. The minimum absolute atomic E-state index is 0.598. The average molecular weight is 218 g/mol. The summed E-state index contributed by atoms with van der Waals surface area (Å²) in [5.41, 5.74) is 0.598. The summed E-state index contributed by atoms with van der Waals surface area (Å²) in [6, 6.07) is 2.28. The van der Waals surface area contributed by atoms with Crippen LogP contribution in [0, 0.1) is 34.5 Å². The molecule has 4 rings (SSSR count). The molecule has 0 aromatic heterocycles. The lowest BCUT2D eigenvalue weighted by Crippen LogP contribution is -2.50. The smallest absolute Gasteiger partial charge is 0.0863 e. The number of hydrogen-bond acceptors (Lipinski definition) is 2. The zero-order valence-corrected chi connectivity index (χ0v) is 10.3. The van der Waals surface area contributed by atoms with Gasteiger partial charge in [0.05, 0.1) is 12.6 Å². The molecule has 4 aliphatic carbocycles. The molecule has 88 valence electrons. The normalized spacial score (nSPS) is 44.9. The third kappa shape index (κ3) is 1.76. The molecule has 0 radical (unpaired) electrons. The number of nitriles is 1. The molecule has 0 aromatic carbocycles. The molecular formula is C14H22N2. The molecule has 4 saturated carbocycles. The molecule has 4 fully saturated rings. The Morgan fingerprint density at radius 3 is 2.06 bits per heavy atom. The quantitative estimate of drug-likeness (QED) is 0.681. The van der Waals surface area contributed by atoms with Crippen molar-refractivity contribution in [3.8, 4) is 6.07 Å². The minimum Gasteiger partial charge on any atom is -0.293 e. The van der Waals surface area contributed by atoms with E-state index < -0.39 is 0 Å². The molecule has 16 heavy (non-hydrogen) atoms. The Kier molecular flexibility index (Phi) is 2.47. The van der Waals surface area contributed by atoms with Gasteiger partial charge in [-0.25, -0.2) is 0 Å². The fraction of sp³-hybridized carbons (Fsp3) is 0.929. The number of nitrogens with zero attached hydrogens (tertiary/aromatic N) is 2. The Balaban J connectivity index is 1.71. The third-order valence-corrected chi connectivity index (χ3v) is 5.11. The van der Waals surface area contributed by atoms with Crippen LogP contribution in [-0.2, 0) is 0 Å². The van der Waals surface area contributed by atoms with Gasteiger partial charge in [-0.05, 0) is 68.7 Å². The van der Waals surface area contributed by atoms with Crippen LogP contribution in [0.3, 0.4) is 0 Å². The van der Waals surface area contributed by atoms with Gasteiger partial charge in [-0.1, -0.05) is 0 Å². The van der Waals surface area contributed by atoms with E-state index in [-0.39, 0.29) is 0 Å². The van der Waals surface area contributed by atoms with Gasteiger partial charge in [-0.15, -0.1) is 0 Å². The predicted octanol–water partition coefficient (Wildman–Crippen LogP) is 2.66. The predicted molar refractivity (Wildman–Crippen MR) is 63.7 cm³/mol. The SMILES string of the molecule is CN(CC#N)CC12CC3CC(CC(C3)C1)C2. The van der Waals surface area contributed by atoms with E-state index in [2.05, 4.69) is 18.0 Å². The van der Waals surface area contributed by atoms with Crippen molar-refractivity contribution in [3.05, 3.63) is 0 Å². The molecule has 0 N–H and O–H groups in total. The van der Waals surface area contributed by atoms with Crippen molar-refractivity contribution in [1.82, 2.24) is 4.90 Å². The maximum atomic E-state index is 8.76. The van der Waals surface area contributed by atoms with Gasteiger partial charge >= 0.3 is 0 Å². The number of hydrogen-bond donors (Lipinski definition) is 0. The van der Waals surface area contributed by atoms with E-state index >= 15 is 0 Å². The third-order valence-electron chi connectivity index (χ3n) is 5.11. The highest BCUT2D eigenvalue weighted by molar-refractivity contribution is 5.02. The second-order valence-corrected chi connectivity index (χ2v) is 6.75. The van der Waals surface area contributed by atoms with Gasteiger partial charge in [0.2, 0.25) is 0 Å². The molecule has 2 heteroatoms. The van der Waals surface area contributed by atoms with E-state index in [1.165, 1.54) is 45.1 Å². The molecule has 0 aliphatic heterocycles. The van der Waals surface area contributed by atoms with Crippen molar-refractivity contribution in [3.63, 3.8) is 0 Å². The maximum Gasteiger partial charge on any atom is 0.0863 e. The van der Waals surface area contributed by atoms with Gasteiger partial charge in [0.25, 0.3) is 0 Å². The standard InChI is InChI=1S/C14H22N2/c1-16(3-2-15)10-14-7-11-4-12(8-14)6-13(5-11)9-14/h11-13H,3-10H2,1H3. The molecule has 0 heterocycles. The fourth-order valence-electron chi connectivity index (χ4n) is 5.23. The van der Waals surface area contributed by atoms with Crippen LogP contribution in [-0.4, -0.2) is 25.0 Å². The van der Waals surface area contributed by atoms with Crippen LogP contribution in [0.2, 0.25) is 0 Å². The zero-order chi connectivity index (χ0) is 11.2. The second-order valence-electron chi connectivity index (χ2n) is 6.75. The van der Waals surface area contributed by atoms with E-state index in [1.54, 1.807) is 0 Å². The van der Waals surface area contributed by atoms with Gasteiger partial charge in [0.1, 0.15) is 0 Å². The van der Waals surface area contributed by atoms with E-state index in [9.17, 15) is 0 Å². The van der Waals surface area contributed by atoms with Crippen molar-refractivity contribution in [2.45, 2.75) is 38.5 Å². The highest BCUT2D eigenvalue weighted by Crippen LogP contribution is 2.60. The van der Waals surface area contributed by atoms with Gasteiger partial charge in [0.15, 0.2) is 0 Å². The summed E-state index contributed by atoms with van der Waals surface area (Å²) in [5, 5.41) is 8.76. The molecule has 0 saturated heterocycles. The van der Waals surface area contributed by atoms with E-state index in [0.717, 1.165) is 17.8 Å². The first-order chi connectivity index (χ1) is 7.69. The van der Waals surface area contributed by atoms with Crippen LogP contribution in [0.15, 0.2) is 0 Å². The van der Waals surface area contributed by atoms with Crippen LogP contribution in [0.5, 0.6) is 0 Å². The van der Waals surface area contributed by atoms with Gasteiger partial charge < -0.3 is 0 Å². The first-order valence-corrected chi connectivity index (χ1v) is 6.75. The molecular weight excluding hydrogens is 196 g/mol. The lowest BCUT2D eigenvalue weighted by Gasteiger charge is -2.57. The van der Waals surface area contributed by atoms with Crippen molar-refractivity contribution in [2.24, 2.45) is 23.2 Å². The van der Waals surface area contributed by atoms with Crippen LogP contribution in [0.25, 0.3) is 0 Å². The minimum atomic E-state index is 0.598. The van der Waals surface area contributed by atoms with Crippen LogP contribution < -0.4 is 0 Å². The molecule has 0 aromatic rings. The van der Waals surface area contributed by atoms with Crippen LogP contribution in [0.4, 0.5) is 0 Å². The van der Waals surface area contributed by atoms with E-state index in [1.807, 2.05) is 0 Å². The highest BCUT2D eigenvalue weighted by atomic mass is 15.1. The lowest BCUT2D eigenvalue weighted by molar-refractivity contribution is -0.0648. The molecule has 4 aliphatic rings. The Morgan fingerprint density at radius 2 is 1.62 bits per heavy atom. The summed E-state index contributed by atoms with van der Waals surface area (Å²) in [6.45, 7) is 1.77. The fourth-order valence-corrected chi connectivity index (χ4v) is 5.23. The van der Waals surface area contributed by atoms with Crippen molar-refractivity contribution in [2.75, 3.05) is 20.1 Å². The molecule has 0 atom stereocenters. The van der Waals surface area contributed by atoms with E-state index in [0.29, 0.717) is 12.0 Å². The molecule has 0 unspecified atom stereocenters. The Hall–Kier alpha value is -0.550. The summed E-state index contributed by atoms with van der Waals surface area (Å²) in [7, 11) is 2.11. The van der Waals surface area contributed by atoms with Crippen molar-refractivity contribution in [1.29, 1.82) is 5.26 Å². The van der Waals surface area contributed by atoms with Gasteiger partial charge in [0, 0.05) is 6.54 Å². The zero-order valence-electron chi connectivity index (χ0n) is 10.3. The van der Waals surface area contributed by atoms with Gasteiger partial charge in [-0.3, -0.25) is 4.90 Å². The molecule has 4 bridgehead atoms.